The van der Waals surface area contributed by atoms with Crippen molar-refractivity contribution in [2.45, 2.75) is 13.5 Å². The standard InChI is InChI=1S/C22H20N4O/c1-2-26(16-17-7-4-3-5-8-17)22(27)19-12-21(15-24-14-19)25-20-10-6-9-18(11-20)13-23/h3-12,14-15,25H,2,16H2,1H3. The van der Waals surface area contributed by atoms with Crippen LogP contribution in [0.5, 0.6) is 0 Å². The van der Waals surface area contributed by atoms with Crippen LogP contribution in [0.25, 0.3) is 0 Å². The molecule has 27 heavy (non-hydrogen) atoms. The summed E-state index contributed by atoms with van der Waals surface area (Å²) in [5.41, 5.74) is 3.65. The summed E-state index contributed by atoms with van der Waals surface area (Å²) in [6.07, 6.45) is 3.23. The van der Waals surface area contributed by atoms with E-state index in [0.717, 1.165) is 11.3 Å². The lowest BCUT2D eigenvalue weighted by molar-refractivity contribution is 0.0752. The Morgan fingerprint density at radius 1 is 1.07 bits per heavy atom. The fourth-order valence-electron chi connectivity index (χ4n) is 2.77. The number of amides is 1. The van der Waals surface area contributed by atoms with Gasteiger partial charge in [0.15, 0.2) is 0 Å². The smallest absolute Gasteiger partial charge is 0.255 e. The van der Waals surface area contributed by atoms with Crippen molar-refractivity contribution in [3.63, 3.8) is 0 Å². The van der Waals surface area contributed by atoms with Gasteiger partial charge in [0.1, 0.15) is 0 Å². The quantitative estimate of drug-likeness (QED) is 0.712. The van der Waals surface area contributed by atoms with E-state index in [-0.39, 0.29) is 5.91 Å². The Morgan fingerprint density at radius 2 is 1.89 bits per heavy atom. The normalized spacial score (nSPS) is 10.1. The molecule has 0 saturated carbocycles. The molecule has 0 aliphatic rings. The molecule has 0 atom stereocenters. The number of rotatable bonds is 6. The average molecular weight is 356 g/mol. The lowest BCUT2D eigenvalue weighted by atomic mass is 10.1. The fraction of sp³-hybridized carbons (Fsp3) is 0.136. The van der Waals surface area contributed by atoms with Crippen molar-refractivity contribution in [1.82, 2.24) is 9.88 Å². The second-order valence-electron chi connectivity index (χ2n) is 6.08. The summed E-state index contributed by atoms with van der Waals surface area (Å²) < 4.78 is 0. The van der Waals surface area contributed by atoms with Crippen LogP contribution in [0.1, 0.15) is 28.4 Å². The molecule has 3 rings (SSSR count). The Kier molecular flexibility index (Phi) is 5.80. The molecular weight excluding hydrogens is 336 g/mol. The van der Waals surface area contributed by atoms with Gasteiger partial charge in [-0.1, -0.05) is 36.4 Å². The van der Waals surface area contributed by atoms with Crippen LogP contribution in [0.3, 0.4) is 0 Å². The van der Waals surface area contributed by atoms with Gasteiger partial charge in [0.2, 0.25) is 0 Å². The Labute approximate surface area is 158 Å². The summed E-state index contributed by atoms with van der Waals surface area (Å²) in [7, 11) is 0. The van der Waals surface area contributed by atoms with Crippen LogP contribution in [-0.4, -0.2) is 22.3 Å². The van der Waals surface area contributed by atoms with Gasteiger partial charge in [0, 0.05) is 25.0 Å². The third-order valence-corrected chi connectivity index (χ3v) is 4.15. The molecular formula is C22H20N4O. The van der Waals surface area contributed by atoms with Crippen molar-refractivity contribution in [3.8, 4) is 6.07 Å². The highest BCUT2D eigenvalue weighted by Crippen LogP contribution is 2.19. The molecule has 1 heterocycles. The highest BCUT2D eigenvalue weighted by Gasteiger charge is 2.15. The van der Waals surface area contributed by atoms with Gasteiger partial charge in [-0.3, -0.25) is 9.78 Å². The number of nitrogens with zero attached hydrogens (tertiary/aromatic N) is 3. The van der Waals surface area contributed by atoms with Crippen molar-refractivity contribution < 1.29 is 4.79 Å². The minimum atomic E-state index is -0.0664. The van der Waals surface area contributed by atoms with Gasteiger partial charge in [0.05, 0.1) is 29.1 Å². The Morgan fingerprint density at radius 3 is 2.63 bits per heavy atom. The van der Waals surface area contributed by atoms with Gasteiger partial charge < -0.3 is 10.2 Å². The molecule has 1 amide bonds. The summed E-state index contributed by atoms with van der Waals surface area (Å²) in [6.45, 7) is 3.12. The molecule has 1 N–H and O–H groups in total. The maximum absolute atomic E-state index is 12.9. The number of aromatic nitrogens is 1. The number of carbonyl (C=O) groups excluding carboxylic acids is 1. The van der Waals surface area contributed by atoms with Crippen molar-refractivity contribution in [2.75, 3.05) is 11.9 Å². The van der Waals surface area contributed by atoms with Crippen LogP contribution >= 0.6 is 0 Å². The van der Waals surface area contributed by atoms with Crippen LogP contribution in [-0.2, 0) is 6.54 Å². The predicted molar refractivity (Wildman–Crippen MR) is 106 cm³/mol. The van der Waals surface area contributed by atoms with E-state index < -0.39 is 0 Å². The van der Waals surface area contributed by atoms with Crippen molar-refractivity contribution in [3.05, 3.63) is 89.7 Å². The Balaban J connectivity index is 1.77. The number of hydrogen-bond acceptors (Lipinski definition) is 4. The van der Waals surface area contributed by atoms with E-state index in [1.165, 1.54) is 0 Å². The number of pyridine rings is 1. The number of nitriles is 1. The Hall–Kier alpha value is -3.65. The number of anilines is 2. The van der Waals surface area contributed by atoms with E-state index >= 15 is 0 Å². The first-order valence-corrected chi connectivity index (χ1v) is 8.75. The molecule has 0 bridgehead atoms. The van der Waals surface area contributed by atoms with Gasteiger partial charge in [-0.25, -0.2) is 0 Å². The van der Waals surface area contributed by atoms with Gasteiger partial charge in [-0.15, -0.1) is 0 Å². The molecule has 3 aromatic rings. The van der Waals surface area contributed by atoms with Crippen molar-refractivity contribution >= 4 is 17.3 Å². The molecule has 2 aromatic carbocycles. The molecule has 1 aromatic heterocycles. The Bertz CT molecular complexity index is 963. The van der Waals surface area contributed by atoms with E-state index in [4.69, 9.17) is 5.26 Å². The van der Waals surface area contributed by atoms with Gasteiger partial charge in [-0.05, 0) is 36.8 Å². The molecule has 5 heteroatoms. The first kappa shape index (κ1) is 18.2. The zero-order valence-corrected chi connectivity index (χ0v) is 15.1. The maximum atomic E-state index is 12.9. The summed E-state index contributed by atoms with van der Waals surface area (Å²) in [5, 5.41) is 12.2. The minimum Gasteiger partial charge on any atom is -0.354 e. The average Bonchev–Trinajstić information content (AvgIpc) is 2.72. The van der Waals surface area contributed by atoms with Crippen molar-refractivity contribution in [1.29, 1.82) is 5.26 Å². The maximum Gasteiger partial charge on any atom is 0.255 e. The van der Waals surface area contributed by atoms with Gasteiger partial charge in [0.25, 0.3) is 5.91 Å². The van der Waals surface area contributed by atoms with E-state index in [1.54, 1.807) is 35.5 Å². The zero-order chi connectivity index (χ0) is 19.1. The van der Waals surface area contributed by atoms with Crippen LogP contribution in [0.4, 0.5) is 11.4 Å². The van der Waals surface area contributed by atoms with Crippen molar-refractivity contribution in [2.24, 2.45) is 0 Å². The van der Waals surface area contributed by atoms with E-state index in [9.17, 15) is 4.79 Å². The first-order valence-electron chi connectivity index (χ1n) is 8.75. The molecule has 0 aliphatic heterocycles. The fourth-order valence-corrected chi connectivity index (χ4v) is 2.77. The molecule has 0 aliphatic carbocycles. The number of carbonyl (C=O) groups is 1. The number of benzene rings is 2. The third kappa shape index (κ3) is 4.71. The van der Waals surface area contributed by atoms with E-state index in [2.05, 4.69) is 16.4 Å². The lowest BCUT2D eigenvalue weighted by Crippen LogP contribution is -2.30. The number of hydrogen-bond donors (Lipinski definition) is 1. The molecule has 134 valence electrons. The topological polar surface area (TPSA) is 69.0 Å². The highest BCUT2D eigenvalue weighted by molar-refractivity contribution is 5.94. The summed E-state index contributed by atoms with van der Waals surface area (Å²) in [5.74, 6) is -0.0664. The van der Waals surface area contributed by atoms with Gasteiger partial charge >= 0.3 is 0 Å². The lowest BCUT2D eigenvalue weighted by Gasteiger charge is -2.21. The summed E-state index contributed by atoms with van der Waals surface area (Å²) >= 11 is 0. The molecule has 0 saturated heterocycles. The zero-order valence-electron chi connectivity index (χ0n) is 15.1. The largest absolute Gasteiger partial charge is 0.354 e. The monoisotopic (exact) mass is 356 g/mol. The second-order valence-corrected chi connectivity index (χ2v) is 6.08. The van der Waals surface area contributed by atoms with Gasteiger partial charge in [-0.2, -0.15) is 5.26 Å². The highest BCUT2D eigenvalue weighted by atomic mass is 16.2. The molecule has 5 nitrogen and oxygen atoms in total. The molecule has 0 spiro atoms. The van der Waals surface area contributed by atoms with E-state index in [0.29, 0.717) is 29.9 Å². The summed E-state index contributed by atoms with van der Waals surface area (Å²) in [4.78, 5) is 18.9. The SMILES string of the molecule is CCN(Cc1ccccc1)C(=O)c1cncc(Nc2cccc(C#N)c2)c1. The van der Waals surface area contributed by atoms with E-state index in [1.807, 2.05) is 49.4 Å². The molecule has 0 radical (unpaired) electrons. The number of nitrogens with one attached hydrogen (secondary N) is 1. The summed E-state index contributed by atoms with van der Waals surface area (Å²) in [6, 6.07) is 21.0. The molecule has 0 fully saturated rings. The van der Waals surface area contributed by atoms with Crippen LogP contribution in [0, 0.1) is 11.3 Å². The van der Waals surface area contributed by atoms with Crippen LogP contribution in [0.2, 0.25) is 0 Å². The first-order chi connectivity index (χ1) is 13.2. The minimum absolute atomic E-state index is 0.0664. The third-order valence-electron chi connectivity index (χ3n) is 4.15. The molecule has 0 unspecified atom stereocenters. The second kappa shape index (κ2) is 8.63. The predicted octanol–water partition coefficient (Wildman–Crippen LogP) is 4.36. The van der Waals surface area contributed by atoms with Crippen LogP contribution in [0.15, 0.2) is 73.1 Å². The van der Waals surface area contributed by atoms with Crippen LogP contribution < -0.4 is 5.32 Å².